The van der Waals surface area contributed by atoms with Crippen LogP contribution in [-0.2, 0) is 11.3 Å². The molecule has 1 saturated heterocycles. The lowest BCUT2D eigenvalue weighted by Crippen LogP contribution is -2.48. The summed E-state index contributed by atoms with van der Waals surface area (Å²) >= 11 is 6.25. The van der Waals surface area contributed by atoms with Crippen LogP contribution in [0.5, 0.6) is 0 Å². The van der Waals surface area contributed by atoms with E-state index in [0.29, 0.717) is 0 Å². The lowest BCUT2D eigenvalue weighted by atomic mass is 10.0. The number of benzene rings is 1. The number of para-hydroxylation sites is 1. The predicted molar refractivity (Wildman–Crippen MR) is 82.6 cm³/mol. The number of carbonyl (C=O) groups is 1. The molecule has 1 aromatic carbocycles. The minimum Gasteiger partial charge on any atom is -0.368 e. The summed E-state index contributed by atoms with van der Waals surface area (Å²) in [6.45, 7) is 1.84. The summed E-state index contributed by atoms with van der Waals surface area (Å²) in [7, 11) is 0. The number of anilines is 1. The van der Waals surface area contributed by atoms with Crippen molar-refractivity contribution in [1.29, 1.82) is 0 Å². The van der Waals surface area contributed by atoms with Crippen molar-refractivity contribution >= 4 is 23.2 Å². The SMILES string of the molecule is O=C(Cn1cnnn1)NC1CCCN(c2ccccc2Cl)C1. The molecule has 22 heavy (non-hydrogen) atoms. The van der Waals surface area contributed by atoms with Gasteiger partial charge in [-0.1, -0.05) is 23.7 Å². The number of halogens is 1. The molecule has 0 aliphatic carbocycles. The van der Waals surface area contributed by atoms with Gasteiger partial charge in [0.2, 0.25) is 5.91 Å². The fraction of sp³-hybridized carbons (Fsp3) is 0.429. The summed E-state index contributed by atoms with van der Waals surface area (Å²) in [5.41, 5.74) is 1.02. The van der Waals surface area contributed by atoms with Crippen molar-refractivity contribution in [2.24, 2.45) is 0 Å². The van der Waals surface area contributed by atoms with Crippen LogP contribution in [0.4, 0.5) is 5.69 Å². The highest BCUT2D eigenvalue weighted by molar-refractivity contribution is 6.33. The van der Waals surface area contributed by atoms with E-state index in [1.165, 1.54) is 11.0 Å². The summed E-state index contributed by atoms with van der Waals surface area (Å²) in [5, 5.41) is 14.5. The predicted octanol–water partition coefficient (Wildman–Crippen LogP) is 1.11. The van der Waals surface area contributed by atoms with E-state index in [1.54, 1.807) is 0 Å². The zero-order valence-electron chi connectivity index (χ0n) is 12.0. The number of amides is 1. The second-order valence-electron chi connectivity index (χ2n) is 5.31. The molecule has 116 valence electrons. The van der Waals surface area contributed by atoms with E-state index in [-0.39, 0.29) is 18.5 Å². The minimum absolute atomic E-state index is 0.0849. The van der Waals surface area contributed by atoms with E-state index < -0.39 is 0 Å². The van der Waals surface area contributed by atoms with Crippen molar-refractivity contribution < 1.29 is 4.79 Å². The summed E-state index contributed by atoms with van der Waals surface area (Å²) in [4.78, 5) is 14.2. The fourth-order valence-electron chi connectivity index (χ4n) is 2.70. The number of aromatic nitrogens is 4. The number of hydrogen-bond acceptors (Lipinski definition) is 5. The van der Waals surface area contributed by atoms with Crippen molar-refractivity contribution in [1.82, 2.24) is 25.5 Å². The van der Waals surface area contributed by atoms with E-state index >= 15 is 0 Å². The summed E-state index contributed by atoms with van der Waals surface area (Å²) < 4.78 is 1.41. The van der Waals surface area contributed by atoms with Gasteiger partial charge in [0.1, 0.15) is 12.9 Å². The zero-order valence-corrected chi connectivity index (χ0v) is 12.8. The third-order valence-electron chi connectivity index (χ3n) is 3.68. The molecule has 0 radical (unpaired) electrons. The van der Waals surface area contributed by atoms with E-state index in [2.05, 4.69) is 25.7 Å². The quantitative estimate of drug-likeness (QED) is 0.913. The standard InChI is InChI=1S/C14H17ClN6O/c15-12-5-1-2-6-13(12)20-7-3-4-11(8-20)17-14(22)9-21-10-16-18-19-21/h1-2,5-6,10-11H,3-4,7-9H2,(H,17,22). The van der Waals surface area contributed by atoms with Gasteiger partial charge >= 0.3 is 0 Å². The van der Waals surface area contributed by atoms with Gasteiger partial charge in [-0.2, -0.15) is 0 Å². The van der Waals surface area contributed by atoms with Crippen molar-refractivity contribution in [2.45, 2.75) is 25.4 Å². The molecule has 0 spiro atoms. The van der Waals surface area contributed by atoms with Crippen LogP contribution in [0.3, 0.4) is 0 Å². The lowest BCUT2D eigenvalue weighted by Gasteiger charge is -2.35. The van der Waals surface area contributed by atoms with E-state index in [4.69, 9.17) is 11.6 Å². The Bertz CT molecular complexity index is 632. The first-order chi connectivity index (χ1) is 10.7. The number of rotatable bonds is 4. The molecular formula is C14H17ClN6O. The Labute approximate surface area is 133 Å². The first-order valence-corrected chi connectivity index (χ1v) is 7.60. The second-order valence-corrected chi connectivity index (χ2v) is 5.72. The maximum Gasteiger partial charge on any atom is 0.242 e. The van der Waals surface area contributed by atoms with Crippen LogP contribution in [0.25, 0.3) is 0 Å². The van der Waals surface area contributed by atoms with Crippen LogP contribution < -0.4 is 10.2 Å². The van der Waals surface area contributed by atoms with Gasteiger partial charge in [-0.15, -0.1) is 5.10 Å². The average molecular weight is 321 g/mol. The van der Waals surface area contributed by atoms with E-state index in [0.717, 1.165) is 36.6 Å². The fourth-order valence-corrected chi connectivity index (χ4v) is 2.95. The molecular weight excluding hydrogens is 304 g/mol. The maximum absolute atomic E-state index is 12.0. The van der Waals surface area contributed by atoms with Crippen LogP contribution in [0.15, 0.2) is 30.6 Å². The Hall–Kier alpha value is -2.15. The molecule has 8 heteroatoms. The third-order valence-corrected chi connectivity index (χ3v) is 4.00. The molecule has 1 atom stereocenters. The summed E-state index contributed by atoms with van der Waals surface area (Å²) in [6.07, 6.45) is 3.40. The molecule has 1 fully saturated rings. The molecule has 2 aromatic rings. The van der Waals surface area contributed by atoms with E-state index in [1.807, 2.05) is 24.3 Å². The molecule has 1 aliphatic heterocycles. The molecule has 1 amide bonds. The molecule has 2 heterocycles. The van der Waals surface area contributed by atoms with Crippen molar-refractivity contribution in [3.63, 3.8) is 0 Å². The topological polar surface area (TPSA) is 75.9 Å². The highest BCUT2D eigenvalue weighted by Gasteiger charge is 2.22. The Morgan fingerprint density at radius 3 is 3.05 bits per heavy atom. The number of carbonyl (C=O) groups excluding carboxylic acids is 1. The molecule has 3 rings (SSSR count). The molecule has 1 aromatic heterocycles. The number of tetrazole rings is 1. The van der Waals surface area contributed by atoms with Gasteiger partial charge in [0.25, 0.3) is 0 Å². The van der Waals surface area contributed by atoms with Crippen LogP contribution in [0.1, 0.15) is 12.8 Å². The lowest BCUT2D eigenvalue weighted by molar-refractivity contribution is -0.122. The Kier molecular flexibility index (Phi) is 4.53. The van der Waals surface area contributed by atoms with Gasteiger partial charge in [0.05, 0.1) is 10.7 Å². The number of nitrogens with one attached hydrogen (secondary N) is 1. The third kappa shape index (κ3) is 3.54. The smallest absolute Gasteiger partial charge is 0.242 e. The Morgan fingerprint density at radius 1 is 1.41 bits per heavy atom. The number of hydrogen-bond donors (Lipinski definition) is 1. The molecule has 1 aliphatic rings. The van der Waals surface area contributed by atoms with Crippen LogP contribution >= 0.6 is 11.6 Å². The summed E-state index contributed by atoms with van der Waals surface area (Å²) in [6, 6.07) is 7.89. The van der Waals surface area contributed by atoms with Crippen molar-refractivity contribution in [2.75, 3.05) is 18.0 Å². The highest BCUT2D eigenvalue weighted by Crippen LogP contribution is 2.27. The Balaban J connectivity index is 1.59. The first-order valence-electron chi connectivity index (χ1n) is 7.22. The van der Waals surface area contributed by atoms with Gasteiger partial charge in [0.15, 0.2) is 0 Å². The molecule has 1 N–H and O–H groups in total. The molecule has 1 unspecified atom stereocenters. The van der Waals surface area contributed by atoms with E-state index in [9.17, 15) is 4.79 Å². The van der Waals surface area contributed by atoms with Crippen molar-refractivity contribution in [3.8, 4) is 0 Å². The minimum atomic E-state index is -0.0849. The summed E-state index contributed by atoms with van der Waals surface area (Å²) in [5.74, 6) is -0.0849. The van der Waals surface area contributed by atoms with Crippen LogP contribution in [0.2, 0.25) is 5.02 Å². The average Bonchev–Trinajstić information content (AvgIpc) is 3.00. The first kappa shape index (κ1) is 14.8. The monoisotopic (exact) mass is 320 g/mol. The van der Waals surface area contributed by atoms with Gasteiger partial charge in [-0.3, -0.25) is 4.79 Å². The molecule has 0 saturated carbocycles. The number of piperidine rings is 1. The van der Waals surface area contributed by atoms with Crippen LogP contribution in [-0.4, -0.2) is 45.2 Å². The molecule has 0 bridgehead atoms. The van der Waals surface area contributed by atoms with Gasteiger partial charge in [-0.25, -0.2) is 4.68 Å². The highest BCUT2D eigenvalue weighted by atomic mass is 35.5. The zero-order chi connectivity index (χ0) is 15.4. The Morgan fingerprint density at radius 2 is 2.27 bits per heavy atom. The molecule has 7 nitrogen and oxygen atoms in total. The van der Waals surface area contributed by atoms with Gasteiger partial charge in [0, 0.05) is 19.1 Å². The normalized spacial score (nSPS) is 18.2. The van der Waals surface area contributed by atoms with Crippen molar-refractivity contribution in [3.05, 3.63) is 35.6 Å². The number of nitrogens with zero attached hydrogens (tertiary/aromatic N) is 5. The second kappa shape index (κ2) is 6.74. The largest absolute Gasteiger partial charge is 0.368 e. The maximum atomic E-state index is 12.0. The van der Waals surface area contributed by atoms with Gasteiger partial charge in [-0.05, 0) is 35.4 Å². The van der Waals surface area contributed by atoms with Crippen LogP contribution in [0, 0.1) is 0 Å². The van der Waals surface area contributed by atoms with Gasteiger partial charge < -0.3 is 10.2 Å².